The summed E-state index contributed by atoms with van der Waals surface area (Å²) in [6.07, 6.45) is 0. The molecule has 0 saturated heterocycles. The Morgan fingerprint density at radius 1 is 1.21 bits per heavy atom. The van der Waals surface area contributed by atoms with Gasteiger partial charge in [-0.3, -0.25) is 4.79 Å². The smallest absolute Gasteiger partial charge is 0.437 e. The van der Waals surface area contributed by atoms with E-state index in [1.807, 2.05) is 0 Å². The van der Waals surface area contributed by atoms with Crippen molar-refractivity contribution in [1.82, 2.24) is 15.1 Å². The molecular weight excluding hydrogens is 381 g/mol. The highest BCUT2D eigenvalue weighted by molar-refractivity contribution is 5.76. The molecule has 0 aliphatic heterocycles. The number of nitrogens with zero attached hydrogens (tertiary/aromatic N) is 2. The van der Waals surface area contributed by atoms with E-state index in [2.05, 4.69) is 10.4 Å². The first-order chi connectivity index (χ1) is 13.9. The second-order valence-electron chi connectivity index (χ2n) is 6.23. The molecular formula is C20H20FN3O5. The third-order valence-corrected chi connectivity index (χ3v) is 4.27. The van der Waals surface area contributed by atoms with Gasteiger partial charge in [-0.05, 0) is 49.4 Å². The van der Waals surface area contributed by atoms with E-state index in [0.717, 1.165) is 10.2 Å². The van der Waals surface area contributed by atoms with Crippen LogP contribution >= 0.6 is 0 Å². The van der Waals surface area contributed by atoms with Crippen molar-refractivity contribution in [2.75, 3.05) is 14.2 Å². The van der Waals surface area contributed by atoms with Crippen LogP contribution in [-0.2, 0) is 11.3 Å². The number of nitrogens with one attached hydrogen (secondary N) is 1. The number of aromatic nitrogens is 2. The Labute approximate surface area is 165 Å². The predicted molar refractivity (Wildman–Crippen MR) is 102 cm³/mol. The zero-order chi connectivity index (χ0) is 21.0. The molecule has 0 fully saturated rings. The highest BCUT2D eigenvalue weighted by Crippen LogP contribution is 2.29. The van der Waals surface area contributed by atoms with Gasteiger partial charge in [0.15, 0.2) is 0 Å². The summed E-state index contributed by atoms with van der Waals surface area (Å²) in [6.45, 7) is 1.45. The number of methoxy groups -OCH3 is 2. The lowest BCUT2D eigenvalue weighted by atomic mass is 10.1. The SMILES string of the molecule is COc1ccc(OC)c(C(C)NC(=O)Cn2nc(-c3ccc(F)cc3)oc2=O)c1. The Bertz CT molecular complexity index is 1060. The van der Waals surface area contributed by atoms with Crippen LogP contribution in [0.5, 0.6) is 11.5 Å². The third kappa shape index (κ3) is 4.63. The highest BCUT2D eigenvalue weighted by atomic mass is 19.1. The fraction of sp³-hybridized carbons (Fsp3) is 0.250. The molecule has 8 nitrogen and oxygen atoms in total. The van der Waals surface area contributed by atoms with Crippen molar-refractivity contribution in [3.63, 3.8) is 0 Å². The van der Waals surface area contributed by atoms with E-state index in [1.165, 1.54) is 31.4 Å². The van der Waals surface area contributed by atoms with Gasteiger partial charge >= 0.3 is 5.76 Å². The van der Waals surface area contributed by atoms with Gasteiger partial charge in [0.2, 0.25) is 11.8 Å². The minimum Gasteiger partial charge on any atom is -0.497 e. The van der Waals surface area contributed by atoms with Gasteiger partial charge in [0.1, 0.15) is 23.9 Å². The molecule has 2 aromatic carbocycles. The van der Waals surface area contributed by atoms with E-state index in [4.69, 9.17) is 13.9 Å². The maximum atomic E-state index is 13.0. The molecule has 0 saturated carbocycles. The lowest BCUT2D eigenvalue weighted by molar-refractivity contribution is -0.122. The van der Waals surface area contributed by atoms with Gasteiger partial charge in [-0.25, -0.2) is 9.18 Å². The topological polar surface area (TPSA) is 95.6 Å². The zero-order valence-corrected chi connectivity index (χ0v) is 16.1. The average Bonchev–Trinajstić information content (AvgIpc) is 3.07. The molecule has 1 aromatic heterocycles. The number of hydrogen-bond donors (Lipinski definition) is 1. The summed E-state index contributed by atoms with van der Waals surface area (Å²) in [5, 5.41) is 6.79. The van der Waals surface area contributed by atoms with E-state index in [1.54, 1.807) is 32.2 Å². The van der Waals surface area contributed by atoms with E-state index in [9.17, 15) is 14.0 Å². The molecule has 0 bridgehead atoms. The Kier molecular flexibility index (Phi) is 5.96. The molecule has 3 aromatic rings. The summed E-state index contributed by atoms with van der Waals surface area (Å²) >= 11 is 0. The minimum atomic E-state index is -0.786. The van der Waals surface area contributed by atoms with Crippen LogP contribution < -0.4 is 20.5 Å². The van der Waals surface area contributed by atoms with E-state index in [-0.39, 0.29) is 12.4 Å². The van der Waals surface area contributed by atoms with Crippen LogP contribution in [0, 0.1) is 5.82 Å². The van der Waals surface area contributed by atoms with E-state index >= 15 is 0 Å². The summed E-state index contributed by atoms with van der Waals surface area (Å²) in [5.41, 5.74) is 1.15. The number of benzene rings is 2. The van der Waals surface area contributed by atoms with Crippen molar-refractivity contribution in [3.05, 3.63) is 64.4 Å². The molecule has 0 spiro atoms. The Morgan fingerprint density at radius 3 is 2.59 bits per heavy atom. The maximum Gasteiger partial charge on any atom is 0.437 e. The first-order valence-corrected chi connectivity index (χ1v) is 8.76. The largest absolute Gasteiger partial charge is 0.497 e. The number of rotatable bonds is 7. The molecule has 0 aliphatic carbocycles. The van der Waals surface area contributed by atoms with Gasteiger partial charge in [0, 0.05) is 11.1 Å². The van der Waals surface area contributed by atoms with Crippen molar-refractivity contribution in [2.45, 2.75) is 19.5 Å². The molecule has 3 rings (SSSR count). The average molecular weight is 401 g/mol. The first kappa shape index (κ1) is 20.1. The van der Waals surface area contributed by atoms with Crippen molar-refractivity contribution >= 4 is 5.91 Å². The third-order valence-electron chi connectivity index (χ3n) is 4.27. The summed E-state index contributed by atoms with van der Waals surface area (Å²) < 4.78 is 29.5. The molecule has 0 aliphatic rings. The van der Waals surface area contributed by atoms with E-state index in [0.29, 0.717) is 17.1 Å². The number of ether oxygens (including phenoxy) is 2. The number of halogens is 1. The Balaban J connectivity index is 1.73. The van der Waals surface area contributed by atoms with Crippen molar-refractivity contribution in [3.8, 4) is 23.0 Å². The van der Waals surface area contributed by atoms with Crippen LogP contribution in [0.4, 0.5) is 4.39 Å². The van der Waals surface area contributed by atoms with Gasteiger partial charge in [-0.1, -0.05) is 0 Å². The van der Waals surface area contributed by atoms with Gasteiger partial charge in [-0.15, -0.1) is 5.10 Å². The summed E-state index contributed by atoms with van der Waals surface area (Å²) in [6, 6.07) is 10.2. The summed E-state index contributed by atoms with van der Waals surface area (Å²) in [4.78, 5) is 24.4. The monoisotopic (exact) mass is 401 g/mol. The summed E-state index contributed by atoms with van der Waals surface area (Å²) in [7, 11) is 3.08. The quantitative estimate of drug-likeness (QED) is 0.654. The van der Waals surface area contributed by atoms with Crippen LogP contribution in [-0.4, -0.2) is 29.9 Å². The van der Waals surface area contributed by atoms with Crippen molar-refractivity contribution < 1.29 is 23.1 Å². The number of amides is 1. The Hall–Kier alpha value is -3.62. The van der Waals surface area contributed by atoms with Crippen LogP contribution in [0.2, 0.25) is 0 Å². The lowest BCUT2D eigenvalue weighted by Crippen LogP contribution is -2.33. The van der Waals surface area contributed by atoms with Crippen molar-refractivity contribution in [1.29, 1.82) is 0 Å². The van der Waals surface area contributed by atoms with Gasteiger partial charge in [0.05, 0.1) is 20.3 Å². The fourth-order valence-electron chi connectivity index (χ4n) is 2.79. The second-order valence-corrected chi connectivity index (χ2v) is 6.23. The van der Waals surface area contributed by atoms with Crippen LogP contribution in [0.25, 0.3) is 11.5 Å². The van der Waals surface area contributed by atoms with Gasteiger partial charge < -0.3 is 19.2 Å². The number of carbonyl (C=O) groups excluding carboxylic acids is 1. The van der Waals surface area contributed by atoms with Gasteiger partial charge in [-0.2, -0.15) is 4.68 Å². The first-order valence-electron chi connectivity index (χ1n) is 8.76. The van der Waals surface area contributed by atoms with Gasteiger partial charge in [0.25, 0.3) is 0 Å². The molecule has 9 heteroatoms. The molecule has 29 heavy (non-hydrogen) atoms. The fourth-order valence-corrected chi connectivity index (χ4v) is 2.79. The Morgan fingerprint density at radius 2 is 1.93 bits per heavy atom. The summed E-state index contributed by atoms with van der Waals surface area (Å²) in [5.74, 6) is -0.425. The molecule has 1 amide bonds. The maximum absolute atomic E-state index is 13.0. The standard InChI is InChI=1S/C20H20FN3O5/c1-12(16-10-15(27-2)8-9-17(16)28-3)22-18(25)11-24-20(26)29-19(23-24)13-4-6-14(21)7-5-13/h4-10,12H,11H2,1-3H3,(H,22,25). The van der Waals surface area contributed by atoms with Crippen LogP contribution in [0.3, 0.4) is 0 Å². The molecule has 1 atom stereocenters. The van der Waals surface area contributed by atoms with Crippen LogP contribution in [0.15, 0.2) is 51.7 Å². The predicted octanol–water partition coefficient (Wildman–Crippen LogP) is 2.54. The minimum absolute atomic E-state index is 0.00492. The number of hydrogen-bond acceptors (Lipinski definition) is 6. The molecule has 152 valence electrons. The second kappa shape index (κ2) is 8.59. The molecule has 1 N–H and O–H groups in total. The highest BCUT2D eigenvalue weighted by Gasteiger charge is 2.18. The molecule has 0 radical (unpaired) electrons. The van der Waals surface area contributed by atoms with E-state index < -0.39 is 23.5 Å². The number of carbonyl (C=O) groups is 1. The molecule has 1 heterocycles. The zero-order valence-electron chi connectivity index (χ0n) is 16.1. The van der Waals surface area contributed by atoms with Crippen LogP contribution in [0.1, 0.15) is 18.5 Å². The molecule has 1 unspecified atom stereocenters. The lowest BCUT2D eigenvalue weighted by Gasteiger charge is -2.18. The normalized spacial score (nSPS) is 11.7. The van der Waals surface area contributed by atoms with Crippen molar-refractivity contribution in [2.24, 2.45) is 0 Å².